The summed E-state index contributed by atoms with van der Waals surface area (Å²) in [5.41, 5.74) is 1.97. The maximum absolute atomic E-state index is 11.4. The van der Waals surface area contributed by atoms with E-state index in [9.17, 15) is 10.1 Å². The molecule has 0 bridgehead atoms. The highest BCUT2D eigenvalue weighted by molar-refractivity contribution is 5.74. The van der Waals surface area contributed by atoms with Crippen LogP contribution in [-0.2, 0) is 4.79 Å². The molecule has 2 unspecified atom stereocenters. The van der Waals surface area contributed by atoms with Crippen molar-refractivity contribution in [3.05, 3.63) is 30.1 Å². The van der Waals surface area contributed by atoms with Crippen LogP contribution in [0.5, 0.6) is 0 Å². The van der Waals surface area contributed by atoms with Gasteiger partial charge in [-0.15, -0.1) is 5.10 Å². The first-order chi connectivity index (χ1) is 14.6. The van der Waals surface area contributed by atoms with E-state index in [0.717, 1.165) is 17.6 Å². The molecule has 10 heteroatoms. The number of amides is 1. The Hall–Kier alpha value is -3.61. The number of nitriles is 1. The molecule has 1 amide bonds. The minimum absolute atomic E-state index is 0.0128. The first-order valence-corrected chi connectivity index (χ1v) is 10.2. The van der Waals surface area contributed by atoms with Gasteiger partial charge in [-0.2, -0.15) is 15.3 Å². The molecule has 3 aromatic heterocycles. The number of rotatable bonds is 5. The summed E-state index contributed by atoms with van der Waals surface area (Å²) in [5, 5.41) is 28.0. The Kier molecular flexibility index (Phi) is 4.50. The normalized spacial score (nSPS) is 21.4. The zero-order valence-corrected chi connectivity index (χ0v) is 16.7. The lowest BCUT2D eigenvalue weighted by Gasteiger charge is -2.36. The van der Waals surface area contributed by atoms with E-state index in [1.807, 2.05) is 29.3 Å². The third-order valence-corrected chi connectivity index (χ3v) is 5.66. The summed E-state index contributed by atoms with van der Waals surface area (Å²) in [5.74, 6) is 2.34. The number of hydrogen-bond donors (Lipinski definition) is 3. The number of carbonyl (C=O) groups excluding carboxylic acids is 1. The molecule has 0 aromatic carbocycles. The van der Waals surface area contributed by atoms with Crippen molar-refractivity contribution in [1.29, 1.82) is 5.26 Å². The fourth-order valence-electron chi connectivity index (χ4n) is 4.01. The Morgan fingerprint density at radius 3 is 3.00 bits per heavy atom. The average Bonchev–Trinajstić information content (AvgIpc) is 3.28. The van der Waals surface area contributed by atoms with E-state index in [1.54, 1.807) is 4.52 Å². The summed E-state index contributed by atoms with van der Waals surface area (Å²) in [6, 6.07) is 7.78. The topological polar surface area (TPSA) is 127 Å². The molecule has 4 heterocycles. The van der Waals surface area contributed by atoms with Gasteiger partial charge in [0.1, 0.15) is 11.6 Å². The lowest BCUT2D eigenvalue weighted by Crippen LogP contribution is -2.49. The van der Waals surface area contributed by atoms with Gasteiger partial charge in [0.15, 0.2) is 11.6 Å². The van der Waals surface area contributed by atoms with Crippen LogP contribution in [0, 0.1) is 11.3 Å². The third kappa shape index (κ3) is 3.54. The van der Waals surface area contributed by atoms with Gasteiger partial charge in [0.25, 0.3) is 0 Å². The molecule has 2 atom stereocenters. The SMILES string of the molecule is CC(=O)NC1CCN(c2nc(Nc3cc(C4CC4)[nH]n3)c3cccn3n2)C(C#N)C1. The van der Waals surface area contributed by atoms with Crippen molar-refractivity contribution in [2.24, 2.45) is 0 Å². The van der Waals surface area contributed by atoms with Gasteiger partial charge in [0, 0.05) is 49.8 Å². The standard InChI is InChI=1S/C20H23N9O/c1-12(30)22-14-6-8-28(15(9-14)11-21)20-24-19(17-3-2-7-29(17)27-20)23-18-10-16(25-26-18)13-4-5-13/h2-3,7,10,13-15H,4-6,8-9H2,1H3,(H,22,30)(H2,23,24,25,26,27). The predicted octanol–water partition coefficient (Wildman–Crippen LogP) is 2.07. The third-order valence-electron chi connectivity index (χ3n) is 5.66. The molecule has 0 radical (unpaired) electrons. The van der Waals surface area contributed by atoms with Crippen LogP contribution in [0.3, 0.4) is 0 Å². The summed E-state index contributed by atoms with van der Waals surface area (Å²) >= 11 is 0. The van der Waals surface area contributed by atoms with E-state index in [4.69, 9.17) is 4.98 Å². The van der Waals surface area contributed by atoms with Crippen LogP contribution in [0.4, 0.5) is 17.6 Å². The summed E-state index contributed by atoms with van der Waals surface area (Å²) in [7, 11) is 0. The van der Waals surface area contributed by atoms with Crippen molar-refractivity contribution in [1.82, 2.24) is 30.1 Å². The van der Waals surface area contributed by atoms with Crippen LogP contribution in [0.15, 0.2) is 24.4 Å². The first-order valence-electron chi connectivity index (χ1n) is 10.2. The van der Waals surface area contributed by atoms with Crippen LogP contribution >= 0.6 is 0 Å². The highest BCUT2D eigenvalue weighted by atomic mass is 16.1. The summed E-state index contributed by atoms with van der Waals surface area (Å²) in [6.45, 7) is 2.09. The van der Waals surface area contributed by atoms with E-state index in [-0.39, 0.29) is 11.9 Å². The lowest BCUT2D eigenvalue weighted by molar-refractivity contribution is -0.119. The number of anilines is 3. The molecule has 1 saturated heterocycles. The monoisotopic (exact) mass is 405 g/mol. The van der Waals surface area contributed by atoms with Crippen LogP contribution < -0.4 is 15.5 Å². The summed E-state index contributed by atoms with van der Waals surface area (Å²) < 4.78 is 1.76. The molecule has 154 valence electrons. The summed E-state index contributed by atoms with van der Waals surface area (Å²) in [6.07, 6.45) is 5.53. The van der Waals surface area contributed by atoms with Crippen molar-refractivity contribution < 1.29 is 4.79 Å². The fraction of sp³-hybridized carbons (Fsp3) is 0.450. The number of H-pyrrole nitrogens is 1. The largest absolute Gasteiger partial charge is 0.353 e. The Balaban J connectivity index is 1.43. The molecule has 30 heavy (non-hydrogen) atoms. The number of aromatic amines is 1. The maximum Gasteiger partial charge on any atom is 0.246 e. The lowest BCUT2D eigenvalue weighted by atomic mass is 9.98. The number of hydrogen-bond acceptors (Lipinski definition) is 7. The number of aromatic nitrogens is 5. The smallest absolute Gasteiger partial charge is 0.246 e. The van der Waals surface area contributed by atoms with Crippen LogP contribution in [0.2, 0.25) is 0 Å². The van der Waals surface area contributed by atoms with Gasteiger partial charge in [-0.1, -0.05) is 0 Å². The number of nitrogens with one attached hydrogen (secondary N) is 3. The molecule has 1 saturated carbocycles. The second-order valence-corrected chi connectivity index (χ2v) is 7.97. The molecular weight excluding hydrogens is 382 g/mol. The number of carbonyl (C=O) groups is 1. The van der Waals surface area contributed by atoms with Crippen molar-refractivity contribution in [2.75, 3.05) is 16.8 Å². The van der Waals surface area contributed by atoms with Crippen molar-refractivity contribution in [3.8, 4) is 6.07 Å². The van der Waals surface area contributed by atoms with Gasteiger partial charge in [-0.05, 0) is 31.4 Å². The van der Waals surface area contributed by atoms with Gasteiger partial charge < -0.3 is 15.5 Å². The van der Waals surface area contributed by atoms with Crippen molar-refractivity contribution >= 4 is 29.0 Å². The van der Waals surface area contributed by atoms with E-state index in [0.29, 0.717) is 36.5 Å². The fourth-order valence-corrected chi connectivity index (χ4v) is 4.01. The highest BCUT2D eigenvalue weighted by Crippen LogP contribution is 2.39. The van der Waals surface area contributed by atoms with Crippen molar-refractivity contribution in [3.63, 3.8) is 0 Å². The zero-order chi connectivity index (χ0) is 20.7. The molecule has 10 nitrogen and oxygen atoms in total. The molecule has 2 fully saturated rings. The van der Waals surface area contributed by atoms with Crippen LogP contribution in [0.25, 0.3) is 5.52 Å². The van der Waals surface area contributed by atoms with Crippen molar-refractivity contribution in [2.45, 2.75) is 50.6 Å². The molecule has 3 N–H and O–H groups in total. The number of nitrogens with zero attached hydrogens (tertiary/aromatic N) is 6. The van der Waals surface area contributed by atoms with Gasteiger partial charge in [0.05, 0.1) is 6.07 Å². The molecular formula is C20H23N9O. The predicted molar refractivity (Wildman–Crippen MR) is 110 cm³/mol. The van der Waals surface area contributed by atoms with E-state index < -0.39 is 6.04 Å². The minimum atomic E-state index is -0.414. The van der Waals surface area contributed by atoms with E-state index >= 15 is 0 Å². The molecule has 1 aliphatic carbocycles. The van der Waals surface area contributed by atoms with E-state index in [1.165, 1.54) is 19.8 Å². The second kappa shape index (κ2) is 7.33. The highest BCUT2D eigenvalue weighted by Gasteiger charge is 2.31. The Morgan fingerprint density at radius 2 is 2.23 bits per heavy atom. The first kappa shape index (κ1) is 18.4. The average molecular weight is 405 g/mol. The number of piperidine rings is 1. The van der Waals surface area contributed by atoms with Gasteiger partial charge in [0.2, 0.25) is 11.9 Å². The second-order valence-electron chi connectivity index (χ2n) is 7.97. The van der Waals surface area contributed by atoms with E-state index in [2.05, 4.69) is 32.0 Å². The van der Waals surface area contributed by atoms with Gasteiger partial charge in [-0.25, -0.2) is 4.52 Å². The van der Waals surface area contributed by atoms with Gasteiger partial charge >= 0.3 is 0 Å². The minimum Gasteiger partial charge on any atom is -0.353 e. The van der Waals surface area contributed by atoms with Crippen LogP contribution in [-0.4, -0.2) is 49.3 Å². The Bertz CT molecular complexity index is 1120. The quantitative estimate of drug-likeness (QED) is 0.593. The Labute approximate surface area is 173 Å². The maximum atomic E-state index is 11.4. The summed E-state index contributed by atoms with van der Waals surface area (Å²) in [4.78, 5) is 18.0. The van der Waals surface area contributed by atoms with Crippen LogP contribution in [0.1, 0.15) is 44.2 Å². The molecule has 2 aliphatic rings. The zero-order valence-electron chi connectivity index (χ0n) is 16.7. The molecule has 3 aromatic rings. The molecule has 1 aliphatic heterocycles. The van der Waals surface area contributed by atoms with Gasteiger partial charge in [-0.3, -0.25) is 9.89 Å². The molecule has 5 rings (SSSR count). The molecule has 0 spiro atoms. The number of fused-ring (bicyclic) bond motifs is 1. The Morgan fingerprint density at radius 1 is 1.37 bits per heavy atom.